The summed E-state index contributed by atoms with van der Waals surface area (Å²) < 4.78 is 0. The van der Waals surface area contributed by atoms with Crippen molar-refractivity contribution in [2.45, 2.75) is 39.7 Å². The number of hydrogen-bond donors (Lipinski definition) is 2. The Hall–Kier alpha value is -1.05. The van der Waals surface area contributed by atoms with Crippen LogP contribution in [0.15, 0.2) is 23.3 Å². The number of nitrogens with two attached hydrogens (primary N) is 1. The van der Waals surface area contributed by atoms with Gasteiger partial charge in [0, 0.05) is 25.8 Å². The average molecular weight is 417 g/mol. The Morgan fingerprint density at radius 1 is 1.36 bits per heavy atom. The monoisotopic (exact) mass is 417 g/mol. The maximum Gasteiger partial charge on any atom is 0.188 e. The van der Waals surface area contributed by atoms with Gasteiger partial charge in [0.25, 0.3) is 0 Å². The Labute approximate surface area is 150 Å². The molecule has 0 amide bonds. The third kappa shape index (κ3) is 5.62. The van der Waals surface area contributed by atoms with Gasteiger partial charge in [0.05, 0.1) is 6.54 Å². The van der Waals surface area contributed by atoms with E-state index in [1.54, 1.807) is 0 Å². The van der Waals surface area contributed by atoms with Crippen molar-refractivity contribution in [2.24, 2.45) is 16.6 Å². The molecular formula is C16H28IN5. The quantitative estimate of drug-likeness (QED) is 0.407. The predicted molar refractivity (Wildman–Crippen MR) is 104 cm³/mol. The van der Waals surface area contributed by atoms with Crippen molar-refractivity contribution >= 4 is 35.8 Å². The fourth-order valence-electron chi connectivity index (χ4n) is 2.42. The van der Waals surface area contributed by atoms with Gasteiger partial charge in [0.2, 0.25) is 0 Å². The molecule has 5 nitrogen and oxygen atoms in total. The van der Waals surface area contributed by atoms with Gasteiger partial charge in [-0.25, -0.2) is 9.98 Å². The molecule has 1 aliphatic carbocycles. The summed E-state index contributed by atoms with van der Waals surface area (Å²) in [6, 6.07) is 4.12. The molecule has 1 aromatic rings. The summed E-state index contributed by atoms with van der Waals surface area (Å²) in [5.41, 5.74) is 6.96. The molecule has 2 rings (SSSR count). The van der Waals surface area contributed by atoms with Crippen molar-refractivity contribution in [1.82, 2.24) is 10.3 Å². The van der Waals surface area contributed by atoms with Crippen molar-refractivity contribution in [3.8, 4) is 0 Å². The van der Waals surface area contributed by atoms with Crippen LogP contribution in [-0.4, -0.2) is 30.6 Å². The first-order valence-electron chi connectivity index (χ1n) is 7.96. The van der Waals surface area contributed by atoms with Gasteiger partial charge in [-0.1, -0.05) is 12.5 Å². The fourth-order valence-corrected chi connectivity index (χ4v) is 2.42. The van der Waals surface area contributed by atoms with Gasteiger partial charge >= 0.3 is 0 Å². The van der Waals surface area contributed by atoms with E-state index >= 15 is 0 Å². The summed E-state index contributed by atoms with van der Waals surface area (Å²) in [5.74, 6) is 2.34. The Morgan fingerprint density at radius 3 is 2.59 bits per heavy atom. The molecule has 6 heteroatoms. The topological polar surface area (TPSA) is 66.5 Å². The number of guanidine groups is 1. The summed E-state index contributed by atoms with van der Waals surface area (Å²) in [7, 11) is 0. The SMILES string of the molecule is CCN(CC)c1ccc(CN=C(N)NCC2CCC2)cn1.I. The number of hydrogen-bond acceptors (Lipinski definition) is 3. The lowest BCUT2D eigenvalue weighted by Crippen LogP contribution is -2.37. The fraction of sp³-hybridized carbons (Fsp3) is 0.625. The van der Waals surface area contributed by atoms with E-state index in [2.05, 4.69) is 46.2 Å². The zero-order valence-corrected chi connectivity index (χ0v) is 15.9. The molecule has 1 heterocycles. The van der Waals surface area contributed by atoms with E-state index in [4.69, 9.17) is 5.73 Å². The van der Waals surface area contributed by atoms with Gasteiger partial charge in [-0.2, -0.15) is 0 Å². The maximum atomic E-state index is 5.88. The first-order chi connectivity index (χ1) is 10.2. The molecule has 0 unspecified atom stereocenters. The van der Waals surface area contributed by atoms with Crippen LogP contribution in [0.3, 0.4) is 0 Å². The van der Waals surface area contributed by atoms with Crippen LogP contribution in [0.1, 0.15) is 38.7 Å². The molecule has 1 saturated carbocycles. The molecule has 0 atom stereocenters. The largest absolute Gasteiger partial charge is 0.370 e. The molecule has 0 bridgehead atoms. The van der Waals surface area contributed by atoms with Gasteiger partial charge in [-0.3, -0.25) is 0 Å². The van der Waals surface area contributed by atoms with Crippen molar-refractivity contribution in [2.75, 3.05) is 24.5 Å². The highest BCUT2D eigenvalue weighted by molar-refractivity contribution is 14.0. The smallest absolute Gasteiger partial charge is 0.188 e. The Morgan fingerprint density at radius 2 is 2.09 bits per heavy atom. The minimum Gasteiger partial charge on any atom is -0.370 e. The summed E-state index contributed by atoms with van der Waals surface area (Å²) in [6.45, 7) is 7.75. The minimum atomic E-state index is 0. The molecule has 1 fully saturated rings. The zero-order chi connectivity index (χ0) is 15.1. The van der Waals surface area contributed by atoms with Crippen molar-refractivity contribution in [3.05, 3.63) is 23.9 Å². The second kappa shape index (κ2) is 9.86. The minimum absolute atomic E-state index is 0. The molecular weight excluding hydrogens is 389 g/mol. The number of aliphatic imine (C=N–C) groups is 1. The lowest BCUT2D eigenvalue weighted by atomic mass is 9.85. The van der Waals surface area contributed by atoms with E-state index in [1.807, 2.05) is 6.20 Å². The van der Waals surface area contributed by atoms with E-state index in [9.17, 15) is 0 Å². The first kappa shape index (κ1) is 19.0. The van der Waals surface area contributed by atoms with Gasteiger partial charge in [0.15, 0.2) is 5.96 Å². The van der Waals surface area contributed by atoms with Crippen LogP contribution in [0.4, 0.5) is 5.82 Å². The standard InChI is InChI=1S/C16H27N5.HI/c1-3-21(4-2)15-9-8-14(11-18-15)12-20-16(17)19-10-13-6-5-7-13;/h8-9,11,13H,3-7,10,12H2,1-2H3,(H3,17,19,20);1H. The molecule has 0 radical (unpaired) electrons. The van der Waals surface area contributed by atoms with Crippen LogP contribution in [0.25, 0.3) is 0 Å². The van der Waals surface area contributed by atoms with E-state index in [-0.39, 0.29) is 24.0 Å². The molecule has 124 valence electrons. The van der Waals surface area contributed by atoms with Crippen LogP contribution >= 0.6 is 24.0 Å². The lowest BCUT2D eigenvalue weighted by molar-refractivity contribution is 0.315. The van der Waals surface area contributed by atoms with Crippen molar-refractivity contribution < 1.29 is 0 Å². The summed E-state index contributed by atoms with van der Waals surface area (Å²) >= 11 is 0. The molecule has 22 heavy (non-hydrogen) atoms. The van der Waals surface area contributed by atoms with Crippen molar-refractivity contribution in [1.29, 1.82) is 0 Å². The highest BCUT2D eigenvalue weighted by atomic mass is 127. The van der Waals surface area contributed by atoms with Crippen LogP contribution in [0.2, 0.25) is 0 Å². The Kier molecular flexibility index (Phi) is 8.52. The third-order valence-electron chi connectivity index (χ3n) is 4.13. The van der Waals surface area contributed by atoms with Crippen LogP contribution < -0.4 is 16.0 Å². The number of nitrogens with one attached hydrogen (secondary N) is 1. The molecule has 0 aromatic carbocycles. The molecule has 1 aliphatic rings. The van der Waals surface area contributed by atoms with E-state index in [1.165, 1.54) is 19.3 Å². The number of halogens is 1. The average Bonchev–Trinajstić information content (AvgIpc) is 2.46. The molecule has 0 spiro atoms. The second-order valence-electron chi connectivity index (χ2n) is 5.58. The number of anilines is 1. The molecule has 1 aromatic heterocycles. The number of pyridine rings is 1. The summed E-state index contributed by atoms with van der Waals surface area (Å²) in [5, 5.41) is 3.20. The lowest BCUT2D eigenvalue weighted by Gasteiger charge is -2.25. The Balaban J connectivity index is 0.00000242. The molecule has 0 saturated heterocycles. The number of aromatic nitrogens is 1. The van der Waals surface area contributed by atoms with Crippen LogP contribution in [0, 0.1) is 5.92 Å². The summed E-state index contributed by atoms with van der Waals surface area (Å²) in [6.07, 6.45) is 5.87. The number of rotatable bonds is 7. The van der Waals surface area contributed by atoms with Gasteiger partial charge < -0.3 is 16.0 Å². The van der Waals surface area contributed by atoms with E-state index in [0.29, 0.717) is 12.5 Å². The van der Waals surface area contributed by atoms with Crippen LogP contribution in [-0.2, 0) is 6.54 Å². The normalized spacial score (nSPS) is 14.9. The van der Waals surface area contributed by atoms with Gasteiger partial charge in [-0.05, 0) is 44.2 Å². The van der Waals surface area contributed by atoms with E-state index < -0.39 is 0 Å². The van der Waals surface area contributed by atoms with E-state index in [0.717, 1.165) is 36.9 Å². The zero-order valence-electron chi connectivity index (χ0n) is 13.6. The second-order valence-corrected chi connectivity index (χ2v) is 5.58. The van der Waals surface area contributed by atoms with Crippen LogP contribution in [0.5, 0.6) is 0 Å². The number of nitrogens with zero attached hydrogens (tertiary/aromatic N) is 3. The highest BCUT2D eigenvalue weighted by Crippen LogP contribution is 2.24. The molecule has 3 N–H and O–H groups in total. The highest BCUT2D eigenvalue weighted by Gasteiger charge is 2.16. The van der Waals surface area contributed by atoms with Gasteiger partial charge in [-0.15, -0.1) is 24.0 Å². The van der Waals surface area contributed by atoms with Gasteiger partial charge in [0.1, 0.15) is 5.82 Å². The molecule has 0 aliphatic heterocycles. The third-order valence-corrected chi connectivity index (χ3v) is 4.13. The van der Waals surface area contributed by atoms with Crippen molar-refractivity contribution in [3.63, 3.8) is 0 Å². The predicted octanol–water partition coefficient (Wildman–Crippen LogP) is 2.75. The maximum absolute atomic E-state index is 5.88. The summed E-state index contributed by atoms with van der Waals surface area (Å²) in [4.78, 5) is 11.1. The first-order valence-corrected chi connectivity index (χ1v) is 7.96. The Bertz CT molecular complexity index is 452.